The monoisotopic (exact) mass is 436 g/mol. The topological polar surface area (TPSA) is 9.23 Å². The van der Waals surface area contributed by atoms with E-state index < -0.39 is 0 Å². The van der Waals surface area contributed by atoms with Crippen molar-refractivity contribution in [1.82, 2.24) is 0 Å². The molecule has 2 rings (SSSR count). The van der Waals surface area contributed by atoms with Gasteiger partial charge in [0.2, 0.25) is 0 Å². The first kappa shape index (κ1) is 26.5. The fourth-order valence-electron chi connectivity index (χ4n) is 4.32. The maximum Gasteiger partial charge on any atom is 0.119 e. The van der Waals surface area contributed by atoms with Crippen molar-refractivity contribution in [2.75, 3.05) is 6.61 Å². The van der Waals surface area contributed by atoms with Gasteiger partial charge in [-0.05, 0) is 48.1 Å². The summed E-state index contributed by atoms with van der Waals surface area (Å²) >= 11 is 0. The first-order valence-electron chi connectivity index (χ1n) is 13.7. The van der Waals surface area contributed by atoms with Crippen LogP contribution in [0.5, 0.6) is 5.75 Å². The van der Waals surface area contributed by atoms with Crippen LogP contribution in [0.1, 0.15) is 116 Å². The second kappa shape index (κ2) is 17.8. The molecule has 0 amide bonds. The van der Waals surface area contributed by atoms with E-state index >= 15 is 0 Å². The molecule has 0 unspecified atom stereocenters. The highest BCUT2D eigenvalue weighted by molar-refractivity contribution is 5.64. The van der Waals surface area contributed by atoms with Crippen molar-refractivity contribution in [2.24, 2.45) is 0 Å². The molecule has 1 heteroatoms. The van der Waals surface area contributed by atoms with Crippen LogP contribution in [0.2, 0.25) is 0 Å². The number of ether oxygens (including phenoxy) is 1. The number of unbranched alkanes of at least 4 members (excludes halogenated alkanes) is 13. The maximum atomic E-state index is 5.90. The lowest BCUT2D eigenvalue weighted by Gasteiger charge is -2.08. The molecule has 0 saturated heterocycles. The molecule has 2 aromatic rings. The third-order valence-corrected chi connectivity index (χ3v) is 6.48. The van der Waals surface area contributed by atoms with E-state index in [9.17, 15) is 0 Å². The van der Waals surface area contributed by atoms with Crippen LogP contribution in [0, 0.1) is 0 Å². The molecule has 0 radical (unpaired) electrons. The first-order chi connectivity index (χ1) is 15.8. The summed E-state index contributed by atoms with van der Waals surface area (Å²) in [6.45, 7) is 5.37. The van der Waals surface area contributed by atoms with Crippen molar-refractivity contribution in [2.45, 2.75) is 117 Å². The van der Waals surface area contributed by atoms with E-state index in [1.807, 2.05) is 0 Å². The van der Waals surface area contributed by atoms with Gasteiger partial charge in [0.25, 0.3) is 0 Å². The van der Waals surface area contributed by atoms with Gasteiger partial charge in [-0.2, -0.15) is 0 Å². The Balaban J connectivity index is 1.59. The van der Waals surface area contributed by atoms with Crippen molar-refractivity contribution in [3.05, 3.63) is 54.1 Å². The Hall–Kier alpha value is -1.76. The highest BCUT2D eigenvalue weighted by atomic mass is 16.5. The fraction of sp³-hybridized carbons (Fsp3) is 0.613. The predicted molar refractivity (Wildman–Crippen MR) is 142 cm³/mol. The highest BCUT2D eigenvalue weighted by Crippen LogP contribution is 2.23. The molecule has 0 fully saturated rings. The van der Waals surface area contributed by atoms with Gasteiger partial charge in [-0.15, -0.1) is 0 Å². The average Bonchev–Trinajstić information content (AvgIpc) is 2.83. The molecule has 0 aromatic heterocycles. The van der Waals surface area contributed by atoms with Crippen molar-refractivity contribution in [3.63, 3.8) is 0 Å². The maximum absolute atomic E-state index is 5.90. The first-order valence-corrected chi connectivity index (χ1v) is 13.7. The molecule has 0 aliphatic carbocycles. The van der Waals surface area contributed by atoms with Gasteiger partial charge in [-0.3, -0.25) is 0 Å². The van der Waals surface area contributed by atoms with Gasteiger partial charge in [-0.25, -0.2) is 0 Å². The lowest BCUT2D eigenvalue weighted by Crippen LogP contribution is -1.97. The zero-order valence-corrected chi connectivity index (χ0v) is 21.0. The van der Waals surface area contributed by atoms with E-state index in [2.05, 4.69) is 62.4 Å². The zero-order valence-electron chi connectivity index (χ0n) is 21.0. The summed E-state index contributed by atoms with van der Waals surface area (Å²) in [4.78, 5) is 0. The largest absolute Gasteiger partial charge is 0.494 e. The summed E-state index contributed by atoms with van der Waals surface area (Å²) in [5.41, 5.74) is 4.03. The number of hydrogen-bond donors (Lipinski definition) is 0. The minimum Gasteiger partial charge on any atom is -0.494 e. The van der Waals surface area contributed by atoms with E-state index in [-0.39, 0.29) is 0 Å². The van der Waals surface area contributed by atoms with Crippen molar-refractivity contribution >= 4 is 0 Å². The molecule has 0 N–H and O–H groups in total. The van der Waals surface area contributed by atoms with Crippen LogP contribution in [0.25, 0.3) is 11.1 Å². The van der Waals surface area contributed by atoms with E-state index in [1.54, 1.807) is 0 Å². The standard InChI is InChI=1S/C31H48O/c1-3-5-7-9-10-11-12-13-14-16-18-28-19-21-29(22-20-28)30-23-25-31(26-24-30)32-27-17-15-8-6-4-2/h19-26H,3-18,27H2,1-2H3. The van der Waals surface area contributed by atoms with E-state index in [1.165, 1.54) is 113 Å². The van der Waals surface area contributed by atoms with Crippen LogP contribution in [-0.2, 0) is 6.42 Å². The molecule has 178 valence electrons. The molecule has 0 atom stereocenters. The van der Waals surface area contributed by atoms with E-state index in [0.29, 0.717) is 0 Å². The SMILES string of the molecule is CCCCCCCCCCCCc1ccc(-c2ccc(OCCCCCCC)cc2)cc1. The van der Waals surface area contributed by atoms with Crippen LogP contribution < -0.4 is 4.74 Å². The Bertz CT molecular complexity index is 671. The average molecular weight is 437 g/mol. The molecule has 0 saturated carbocycles. The fourth-order valence-corrected chi connectivity index (χ4v) is 4.32. The Kier molecular flexibility index (Phi) is 14.7. The second-order valence-corrected chi connectivity index (χ2v) is 9.42. The Labute approximate surface area is 199 Å². The van der Waals surface area contributed by atoms with Crippen molar-refractivity contribution in [3.8, 4) is 16.9 Å². The smallest absolute Gasteiger partial charge is 0.119 e. The Morgan fingerprint density at radius 1 is 0.469 bits per heavy atom. The van der Waals surface area contributed by atoms with Crippen LogP contribution >= 0.6 is 0 Å². The van der Waals surface area contributed by atoms with Gasteiger partial charge in [0, 0.05) is 0 Å². The summed E-state index contributed by atoms with van der Waals surface area (Å²) in [6, 6.07) is 17.8. The van der Waals surface area contributed by atoms with Crippen LogP contribution in [0.3, 0.4) is 0 Å². The van der Waals surface area contributed by atoms with Gasteiger partial charge >= 0.3 is 0 Å². The van der Waals surface area contributed by atoms with Crippen LogP contribution in [-0.4, -0.2) is 6.61 Å². The molecular formula is C31H48O. The van der Waals surface area contributed by atoms with Crippen molar-refractivity contribution in [1.29, 1.82) is 0 Å². The zero-order chi connectivity index (χ0) is 22.7. The molecule has 0 aliphatic heterocycles. The van der Waals surface area contributed by atoms with Crippen molar-refractivity contribution < 1.29 is 4.74 Å². The third kappa shape index (κ3) is 11.7. The van der Waals surface area contributed by atoms with Gasteiger partial charge in [0.1, 0.15) is 5.75 Å². The molecule has 2 aromatic carbocycles. The third-order valence-electron chi connectivity index (χ3n) is 6.48. The summed E-state index contributed by atoms with van der Waals surface area (Å²) in [6.07, 6.45) is 21.6. The summed E-state index contributed by atoms with van der Waals surface area (Å²) in [5.74, 6) is 0.988. The molecule has 1 nitrogen and oxygen atoms in total. The molecule has 0 aliphatic rings. The number of rotatable bonds is 19. The molecule has 0 bridgehead atoms. The van der Waals surface area contributed by atoms with Gasteiger partial charge < -0.3 is 4.74 Å². The Morgan fingerprint density at radius 3 is 1.44 bits per heavy atom. The summed E-state index contributed by atoms with van der Waals surface area (Å²) < 4.78 is 5.90. The number of hydrogen-bond acceptors (Lipinski definition) is 1. The second-order valence-electron chi connectivity index (χ2n) is 9.42. The van der Waals surface area contributed by atoms with Gasteiger partial charge in [-0.1, -0.05) is 134 Å². The minimum absolute atomic E-state index is 0.830. The summed E-state index contributed by atoms with van der Waals surface area (Å²) in [5, 5.41) is 0. The molecule has 32 heavy (non-hydrogen) atoms. The van der Waals surface area contributed by atoms with E-state index in [0.717, 1.165) is 18.8 Å². The Morgan fingerprint density at radius 2 is 0.906 bits per heavy atom. The normalized spacial score (nSPS) is 11.1. The van der Waals surface area contributed by atoms with Gasteiger partial charge in [0.05, 0.1) is 6.61 Å². The molecule has 0 heterocycles. The predicted octanol–water partition coefficient (Wildman–Crippen LogP) is 10.2. The van der Waals surface area contributed by atoms with Crippen LogP contribution in [0.4, 0.5) is 0 Å². The van der Waals surface area contributed by atoms with Gasteiger partial charge in [0.15, 0.2) is 0 Å². The number of aryl methyl sites for hydroxylation is 1. The lowest BCUT2D eigenvalue weighted by molar-refractivity contribution is 0.304. The quantitative estimate of drug-likeness (QED) is 0.199. The number of benzene rings is 2. The van der Waals surface area contributed by atoms with Crippen LogP contribution in [0.15, 0.2) is 48.5 Å². The highest BCUT2D eigenvalue weighted by Gasteiger charge is 2.01. The summed E-state index contributed by atoms with van der Waals surface area (Å²) in [7, 11) is 0. The minimum atomic E-state index is 0.830. The van der Waals surface area contributed by atoms with E-state index in [4.69, 9.17) is 4.74 Å². The lowest BCUT2D eigenvalue weighted by atomic mass is 10.0. The molecule has 0 spiro atoms. The molecular weight excluding hydrogens is 388 g/mol.